The molecule has 2 rings (SSSR count). The van der Waals surface area contributed by atoms with Gasteiger partial charge in [0.1, 0.15) is 0 Å². The van der Waals surface area contributed by atoms with Crippen LogP contribution in [0.15, 0.2) is 42.5 Å². The molecule has 5 nitrogen and oxygen atoms in total. The standard InChI is InChI=1S/C17H15Cl2N3O2S/c1-2-15(23)20-13-3-5-14(6-4-13)21-17(25)22-16(24)10-7-11(18)9-12(19)8-10/h3-9H,2H2,1H3,(H,20,23)(H2,21,22,24,25). The van der Waals surface area contributed by atoms with Gasteiger partial charge in [0.2, 0.25) is 5.91 Å². The minimum absolute atomic E-state index is 0.0660. The van der Waals surface area contributed by atoms with Crippen molar-refractivity contribution in [2.45, 2.75) is 13.3 Å². The van der Waals surface area contributed by atoms with Crippen LogP contribution in [-0.4, -0.2) is 16.9 Å². The number of hydrogen-bond acceptors (Lipinski definition) is 3. The Morgan fingerprint density at radius 3 is 2.00 bits per heavy atom. The van der Waals surface area contributed by atoms with E-state index in [4.69, 9.17) is 35.4 Å². The van der Waals surface area contributed by atoms with E-state index in [9.17, 15) is 9.59 Å². The molecule has 0 spiro atoms. The second-order valence-corrected chi connectivity index (χ2v) is 6.33. The minimum atomic E-state index is -0.422. The van der Waals surface area contributed by atoms with E-state index >= 15 is 0 Å². The van der Waals surface area contributed by atoms with Gasteiger partial charge in [-0.05, 0) is 54.7 Å². The molecular formula is C17H15Cl2N3O2S. The second kappa shape index (κ2) is 8.80. The van der Waals surface area contributed by atoms with E-state index in [0.717, 1.165) is 0 Å². The van der Waals surface area contributed by atoms with Gasteiger partial charge in [0.25, 0.3) is 5.91 Å². The molecule has 3 N–H and O–H groups in total. The average Bonchev–Trinajstić information content (AvgIpc) is 2.55. The van der Waals surface area contributed by atoms with Gasteiger partial charge in [-0.3, -0.25) is 14.9 Å². The zero-order valence-electron chi connectivity index (χ0n) is 13.2. The summed E-state index contributed by atoms with van der Waals surface area (Å²) in [5.41, 5.74) is 1.66. The van der Waals surface area contributed by atoms with Gasteiger partial charge in [-0.1, -0.05) is 30.1 Å². The van der Waals surface area contributed by atoms with E-state index in [0.29, 0.717) is 33.4 Å². The third-order valence-electron chi connectivity index (χ3n) is 3.10. The summed E-state index contributed by atoms with van der Waals surface area (Å²) in [6, 6.07) is 11.5. The Balaban J connectivity index is 1.95. The maximum Gasteiger partial charge on any atom is 0.257 e. The topological polar surface area (TPSA) is 70.2 Å². The molecule has 25 heavy (non-hydrogen) atoms. The summed E-state index contributed by atoms with van der Waals surface area (Å²) in [5.74, 6) is -0.489. The number of carbonyl (C=O) groups is 2. The summed E-state index contributed by atoms with van der Waals surface area (Å²) >= 11 is 16.9. The molecule has 0 saturated carbocycles. The lowest BCUT2D eigenvalue weighted by atomic mass is 10.2. The molecule has 0 bridgehead atoms. The quantitative estimate of drug-likeness (QED) is 0.667. The molecule has 0 fully saturated rings. The van der Waals surface area contributed by atoms with Crippen molar-refractivity contribution >= 4 is 63.7 Å². The van der Waals surface area contributed by atoms with E-state index in [1.54, 1.807) is 31.2 Å². The van der Waals surface area contributed by atoms with E-state index in [1.165, 1.54) is 18.2 Å². The van der Waals surface area contributed by atoms with E-state index in [2.05, 4.69) is 16.0 Å². The van der Waals surface area contributed by atoms with Crippen LogP contribution >= 0.6 is 35.4 Å². The first kappa shape index (κ1) is 19.2. The molecule has 0 atom stereocenters. The monoisotopic (exact) mass is 395 g/mol. The van der Waals surface area contributed by atoms with Crippen LogP contribution in [0.1, 0.15) is 23.7 Å². The van der Waals surface area contributed by atoms with E-state index in [-0.39, 0.29) is 11.0 Å². The first-order chi connectivity index (χ1) is 11.9. The van der Waals surface area contributed by atoms with E-state index < -0.39 is 5.91 Å². The normalized spacial score (nSPS) is 10.0. The molecule has 0 unspecified atom stereocenters. The van der Waals surface area contributed by atoms with Gasteiger partial charge in [0, 0.05) is 33.4 Å². The van der Waals surface area contributed by atoms with Crippen LogP contribution in [0.25, 0.3) is 0 Å². The molecule has 0 aliphatic carbocycles. The Labute approximate surface area is 160 Å². The number of benzene rings is 2. The van der Waals surface area contributed by atoms with Crippen molar-refractivity contribution in [3.8, 4) is 0 Å². The molecule has 0 radical (unpaired) electrons. The zero-order valence-corrected chi connectivity index (χ0v) is 15.6. The highest BCUT2D eigenvalue weighted by Crippen LogP contribution is 2.19. The van der Waals surface area contributed by atoms with Crippen LogP contribution in [0.4, 0.5) is 11.4 Å². The predicted molar refractivity (Wildman–Crippen MR) is 106 cm³/mol. The fourth-order valence-corrected chi connectivity index (χ4v) is 2.65. The Hall–Kier alpha value is -2.15. The summed E-state index contributed by atoms with van der Waals surface area (Å²) in [6.07, 6.45) is 0.406. The Kier molecular flexibility index (Phi) is 6.75. The molecule has 2 aromatic rings. The van der Waals surface area contributed by atoms with Crippen LogP contribution in [0.3, 0.4) is 0 Å². The Morgan fingerprint density at radius 2 is 1.48 bits per heavy atom. The summed E-state index contributed by atoms with van der Waals surface area (Å²) in [6.45, 7) is 1.78. The van der Waals surface area contributed by atoms with Gasteiger partial charge in [-0.15, -0.1) is 0 Å². The van der Waals surface area contributed by atoms with Crippen LogP contribution in [0.2, 0.25) is 10.0 Å². The average molecular weight is 396 g/mol. The molecule has 2 aromatic carbocycles. The van der Waals surface area contributed by atoms with Crippen molar-refractivity contribution in [3.63, 3.8) is 0 Å². The highest BCUT2D eigenvalue weighted by atomic mass is 35.5. The lowest BCUT2D eigenvalue weighted by Crippen LogP contribution is -2.34. The number of anilines is 2. The summed E-state index contributed by atoms with van der Waals surface area (Å²) < 4.78 is 0. The van der Waals surface area contributed by atoms with Crippen LogP contribution in [0.5, 0.6) is 0 Å². The fraction of sp³-hybridized carbons (Fsp3) is 0.118. The van der Waals surface area contributed by atoms with Crippen molar-refractivity contribution < 1.29 is 9.59 Å². The lowest BCUT2D eigenvalue weighted by molar-refractivity contribution is -0.115. The maximum atomic E-state index is 12.2. The Morgan fingerprint density at radius 1 is 0.960 bits per heavy atom. The third kappa shape index (κ3) is 6.01. The summed E-state index contributed by atoms with van der Waals surface area (Å²) in [4.78, 5) is 23.5. The number of nitrogens with one attached hydrogen (secondary N) is 3. The number of halogens is 2. The summed E-state index contributed by atoms with van der Waals surface area (Å²) in [5, 5.41) is 9.03. The van der Waals surface area contributed by atoms with Gasteiger partial charge >= 0.3 is 0 Å². The largest absolute Gasteiger partial charge is 0.332 e. The SMILES string of the molecule is CCC(=O)Nc1ccc(NC(=S)NC(=O)c2cc(Cl)cc(Cl)c2)cc1. The van der Waals surface area contributed by atoms with Crippen molar-refractivity contribution in [2.24, 2.45) is 0 Å². The molecule has 0 aliphatic rings. The van der Waals surface area contributed by atoms with Crippen LogP contribution in [0, 0.1) is 0 Å². The maximum absolute atomic E-state index is 12.2. The van der Waals surface area contributed by atoms with Gasteiger partial charge in [0.15, 0.2) is 5.11 Å². The molecule has 130 valence electrons. The smallest absolute Gasteiger partial charge is 0.257 e. The van der Waals surface area contributed by atoms with Crippen molar-refractivity contribution in [1.82, 2.24) is 5.32 Å². The number of rotatable bonds is 4. The molecule has 8 heteroatoms. The van der Waals surface area contributed by atoms with Crippen LogP contribution in [-0.2, 0) is 4.79 Å². The van der Waals surface area contributed by atoms with Crippen LogP contribution < -0.4 is 16.0 Å². The molecule has 0 aromatic heterocycles. The van der Waals surface area contributed by atoms with Crippen molar-refractivity contribution in [3.05, 3.63) is 58.1 Å². The van der Waals surface area contributed by atoms with Gasteiger partial charge < -0.3 is 10.6 Å². The molecule has 0 saturated heterocycles. The zero-order chi connectivity index (χ0) is 18.4. The fourth-order valence-electron chi connectivity index (χ4n) is 1.91. The number of thiocarbonyl (C=S) groups is 1. The molecule has 0 heterocycles. The molecule has 0 aliphatic heterocycles. The first-order valence-electron chi connectivity index (χ1n) is 7.35. The number of hydrogen-bond donors (Lipinski definition) is 3. The summed E-state index contributed by atoms with van der Waals surface area (Å²) in [7, 11) is 0. The van der Waals surface area contributed by atoms with Gasteiger partial charge in [-0.25, -0.2) is 0 Å². The lowest BCUT2D eigenvalue weighted by Gasteiger charge is -2.11. The second-order valence-electron chi connectivity index (χ2n) is 5.05. The predicted octanol–water partition coefficient (Wildman–Crippen LogP) is 4.47. The first-order valence-corrected chi connectivity index (χ1v) is 8.52. The highest BCUT2D eigenvalue weighted by molar-refractivity contribution is 7.80. The highest BCUT2D eigenvalue weighted by Gasteiger charge is 2.10. The Bertz CT molecular complexity index is 790. The third-order valence-corrected chi connectivity index (χ3v) is 3.74. The van der Waals surface area contributed by atoms with E-state index in [1.807, 2.05) is 0 Å². The molecule has 2 amide bonds. The number of carbonyl (C=O) groups excluding carboxylic acids is 2. The minimum Gasteiger partial charge on any atom is -0.332 e. The van der Waals surface area contributed by atoms with Gasteiger partial charge in [0.05, 0.1) is 0 Å². The van der Waals surface area contributed by atoms with Gasteiger partial charge in [-0.2, -0.15) is 0 Å². The molecular weight excluding hydrogens is 381 g/mol. The van der Waals surface area contributed by atoms with Crippen molar-refractivity contribution in [1.29, 1.82) is 0 Å². The number of amides is 2. The van der Waals surface area contributed by atoms with Crippen molar-refractivity contribution in [2.75, 3.05) is 10.6 Å².